The van der Waals surface area contributed by atoms with E-state index in [0.29, 0.717) is 42.5 Å². The molecule has 1 saturated heterocycles. The van der Waals surface area contributed by atoms with Crippen LogP contribution in [-0.2, 0) is 11.2 Å². The SMILES string of the molecule is COc1ccc(CCC(=O)Nc2nc3ccc(OCCCC(O)N4CCN(C)CC4)cc3s2)cc1OC. The standard InChI is InChI=1S/C27H36N4O5S/c1-30-12-14-31(15-13-30)26(33)5-4-16-36-20-8-9-21-24(18-20)37-27(28-21)29-25(32)11-7-19-6-10-22(34-2)23(17-19)35-3/h6,8-10,17-18,26,33H,4-5,7,11-16H2,1-3H3,(H,28,29,32). The number of likely N-dealkylation sites (N-methyl/N-ethyl adjacent to an activating group) is 1. The maximum absolute atomic E-state index is 12.5. The number of nitrogens with one attached hydrogen (secondary N) is 1. The van der Waals surface area contributed by atoms with Crippen LogP contribution in [0.2, 0.25) is 0 Å². The Morgan fingerprint density at radius 2 is 1.89 bits per heavy atom. The van der Waals surface area contributed by atoms with Gasteiger partial charge >= 0.3 is 0 Å². The highest BCUT2D eigenvalue weighted by molar-refractivity contribution is 7.22. The van der Waals surface area contributed by atoms with Crippen LogP contribution in [0.25, 0.3) is 10.2 Å². The number of benzene rings is 2. The van der Waals surface area contributed by atoms with Gasteiger partial charge in [-0.05, 0) is 62.2 Å². The lowest BCUT2D eigenvalue weighted by molar-refractivity contribution is -0.116. The van der Waals surface area contributed by atoms with E-state index >= 15 is 0 Å². The molecule has 0 radical (unpaired) electrons. The van der Waals surface area contributed by atoms with Crippen molar-refractivity contribution in [1.29, 1.82) is 0 Å². The largest absolute Gasteiger partial charge is 0.494 e. The lowest BCUT2D eigenvalue weighted by Crippen LogP contribution is -2.49. The molecular formula is C27H36N4O5S. The van der Waals surface area contributed by atoms with E-state index in [1.807, 2.05) is 36.4 Å². The molecule has 1 amide bonds. The molecule has 1 atom stereocenters. The monoisotopic (exact) mass is 528 g/mol. The highest BCUT2D eigenvalue weighted by Gasteiger charge is 2.20. The Morgan fingerprint density at radius 1 is 1.11 bits per heavy atom. The fraction of sp³-hybridized carbons (Fsp3) is 0.481. The van der Waals surface area contributed by atoms with Crippen LogP contribution in [0, 0.1) is 0 Å². The Labute approximate surface area is 221 Å². The number of aliphatic hydroxyl groups is 1. The first-order valence-electron chi connectivity index (χ1n) is 12.6. The molecule has 0 aliphatic carbocycles. The molecule has 37 heavy (non-hydrogen) atoms. The van der Waals surface area contributed by atoms with Gasteiger partial charge in [-0.1, -0.05) is 17.4 Å². The van der Waals surface area contributed by atoms with Crippen molar-refractivity contribution in [1.82, 2.24) is 14.8 Å². The number of aliphatic hydroxyl groups excluding tert-OH is 1. The second-order valence-corrected chi connectivity index (χ2v) is 10.2. The Bertz CT molecular complexity index is 1180. The van der Waals surface area contributed by atoms with Crippen LogP contribution >= 0.6 is 11.3 Å². The fourth-order valence-corrected chi connectivity index (χ4v) is 5.19. The number of rotatable bonds is 12. The molecule has 0 spiro atoms. The van der Waals surface area contributed by atoms with E-state index in [0.717, 1.165) is 54.1 Å². The molecule has 1 aromatic heterocycles. The molecule has 3 aromatic rings. The summed E-state index contributed by atoms with van der Waals surface area (Å²) in [5.74, 6) is 1.98. The number of fused-ring (bicyclic) bond motifs is 1. The third-order valence-corrected chi connectivity index (χ3v) is 7.46. The molecule has 0 bridgehead atoms. The number of thiazole rings is 1. The van der Waals surface area contributed by atoms with Gasteiger partial charge in [-0.2, -0.15) is 0 Å². The minimum Gasteiger partial charge on any atom is -0.494 e. The van der Waals surface area contributed by atoms with E-state index in [2.05, 4.69) is 27.1 Å². The first-order valence-corrected chi connectivity index (χ1v) is 13.4. The number of amides is 1. The Balaban J connectivity index is 1.23. The van der Waals surface area contributed by atoms with Gasteiger partial charge in [0.2, 0.25) is 5.91 Å². The predicted octanol–water partition coefficient (Wildman–Crippen LogP) is 3.61. The zero-order valence-corrected chi connectivity index (χ0v) is 22.6. The van der Waals surface area contributed by atoms with Crippen molar-refractivity contribution < 1.29 is 24.1 Å². The molecule has 2 N–H and O–H groups in total. The summed E-state index contributed by atoms with van der Waals surface area (Å²) in [5, 5.41) is 13.9. The zero-order valence-electron chi connectivity index (χ0n) is 21.7. The lowest BCUT2D eigenvalue weighted by Gasteiger charge is -2.35. The maximum Gasteiger partial charge on any atom is 0.226 e. The number of carbonyl (C=O) groups is 1. The first-order chi connectivity index (χ1) is 17.9. The maximum atomic E-state index is 12.5. The Hall–Kier alpha value is -2.92. The minimum atomic E-state index is -0.417. The van der Waals surface area contributed by atoms with Crippen molar-refractivity contribution >= 4 is 32.6 Å². The third-order valence-electron chi connectivity index (χ3n) is 6.53. The summed E-state index contributed by atoms with van der Waals surface area (Å²) in [4.78, 5) is 21.5. The van der Waals surface area contributed by atoms with Crippen LogP contribution in [0.5, 0.6) is 17.2 Å². The van der Waals surface area contributed by atoms with E-state index in [4.69, 9.17) is 14.2 Å². The van der Waals surface area contributed by atoms with E-state index in [-0.39, 0.29) is 5.91 Å². The molecule has 2 heterocycles. The molecule has 0 saturated carbocycles. The van der Waals surface area contributed by atoms with Crippen molar-refractivity contribution in [2.75, 3.05) is 59.4 Å². The van der Waals surface area contributed by atoms with Crippen LogP contribution < -0.4 is 19.5 Å². The number of hydrogen-bond acceptors (Lipinski definition) is 9. The summed E-state index contributed by atoms with van der Waals surface area (Å²) in [5.41, 5.74) is 1.81. The van der Waals surface area contributed by atoms with Crippen LogP contribution in [-0.4, -0.2) is 86.1 Å². The van der Waals surface area contributed by atoms with Gasteiger partial charge in [0, 0.05) is 32.6 Å². The number of aryl methyl sites for hydroxylation is 1. The van der Waals surface area contributed by atoms with Gasteiger partial charge in [0.25, 0.3) is 0 Å². The topological polar surface area (TPSA) is 96.4 Å². The van der Waals surface area contributed by atoms with Crippen molar-refractivity contribution in [3.8, 4) is 17.2 Å². The molecule has 4 rings (SSSR count). The van der Waals surface area contributed by atoms with Gasteiger partial charge in [-0.15, -0.1) is 0 Å². The van der Waals surface area contributed by atoms with E-state index < -0.39 is 6.23 Å². The highest BCUT2D eigenvalue weighted by atomic mass is 32.1. The number of aromatic nitrogens is 1. The molecule has 10 heteroatoms. The van der Waals surface area contributed by atoms with Crippen molar-refractivity contribution in [3.05, 3.63) is 42.0 Å². The highest BCUT2D eigenvalue weighted by Crippen LogP contribution is 2.30. The van der Waals surface area contributed by atoms with Gasteiger partial charge in [0.15, 0.2) is 16.6 Å². The number of anilines is 1. The van der Waals surface area contributed by atoms with Crippen molar-refractivity contribution in [2.45, 2.75) is 31.9 Å². The molecular weight excluding hydrogens is 492 g/mol. The van der Waals surface area contributed by atoms with E-state index in [9.17, 15) is 9.90 Å². The molecule has 1 aliphatic rings. The molecule has 200 valence electrons. The third kappa shape index (κ3) is 7.54. The minimum absolute atomic E-state index is 0.0933. The van der Waals surface area contributed by atoms with Crippen LogP contribution in [0.3, 0.4) is 0 Å². The molecule has 1 aliphatic heterocycles. The summed E-state index contributed by atoms with van der Waals surface area (Å²) in [6.45, 7) is 4.31. The molecule has 2 aromatic carbocycles. The number of ether oxygens (including phenoxy) is 3. The number of nitrogens with zero attached hydrogens (tertiary/aromatic N) is 3. The summed E-state index contributed by atoms with van der Waals surface area (Å²) in [6.07, 6.45) is 1.96. The van der Waals surface area contributed by atoms with Gasteiger partial charge < -0.3 is 29.5 Å². The second kappa shape index (κ2) is 13.0. The van der Waals surface area contributed by atoms with Gasteiger partial charge in [0.05, 0.1) is 31.0 Å². The smallest absolute Gasteiger partial charge is 0.226 e. The number of hydrogen-bond donors (Lipinski definition) is 2. The van der Waals surface area contributed by atoms with Crippen molar-refractivity contribution in [2.24, 2.45) is 0 Å². The molecule has 1 unspecified atom stereocenters. The summed E-state index contributed by atoms with van der Waals surface area (Å²) in [6, 6.07) is 11.4. The number of piperazine rings is 1. The number of methoxy groups -OCH3 is 2. The number of carbonyl (C=O) groups excluding carboxylic acids is 1. The van der Waals surface area contributed by atoms with E-state index in [1.165, 1.54) is 11.3 Å². The zero-order chi connectivity index (χ0) is 26.2. The predicted molar refractivity (Wildman–Crippen MR) is 146 cm³/mol. The Kier molecular flexibility index (Phi) is 9.56. The fourth-order valence-electron chi connectivity index (χ4n) is 4.28. The molecule has 9 nitrogen and oxygen atoms in total. The van der Waals surface area contributed by atoms with Crippen molar-refractivity contribution in [3.63, 3.8) is 0 Å². The van der Waals surface area contributed by atoms with Gasteiger partial charge in [0.1, 0.15) is 12.0 Å². The van der Waals surface area contributed by atoms with Crippen LogP contribution in [0.1, 0.15) is 24.8 Å². The molecule has 1 fully saturated rings. The summed E-state index contributed by atoms with van der Waals surface area (Å²) in [7, 11) is 5.30. The average Bonchev–Trinajstić information content (AvgIpc) is 3.31. The summed E-state index contributed by atoms with van der Waals surface area (Å²) < 4.78 is 17.5. The Morgan fingerprint density at radius 3 is 2.65 bits per heavy atom. The van der Waals surface area contributed by atoms with Gasteiger partial charge in [-0.25, -0.2) is 4.98 Å². The second-order valence-electron chi connectivity index (χ2n) is 9.20. The van der Waals surface area contributed by atoms with E-state index in [1.54, 1.807) is 14.2 Å². The van der Waals surface area contributed by atoms with Gasteiger partial charge in [-0.3, -0.25) is 9.69 Å². The average molecular weight is 529 g/mol. The first kappa shape index (κ1) is 27.1. The quantitative estimate of drug-likeness (QED) is 0.344. The lowest BCUT2D eigenvalue weighted by atomic mass is 10.1. The summed E-state index contributed by atoms with van der Waals surface area (Å²) >= 11 is 1.43. The van der Waals surface area contributed by atoms with Crippen LogP contribution in [0.4, 0.5) is 5.13 Å². The van der Waals surface area contributed by atoms with Crippen LogP contribution in [0.15, 0.2) is 36.4 Å². The normalized spacial score (nSPS) is 15.5.